The molecule has 12 nitrogen and oxygen atoms in total. The molecule has 0 spiro atoms. The molecule has 5 rings (SSSR count). The molecule has 0 saturated carbocycles. The summed E-state index contributed by atoms with van der Waals surface area (Å²) in [5.41, 5.74) is 3.48. The molecule has 0 aliphatic rings. The normalized spacial score (nSPS) is 10.7. The fourth-order valence-corrected chi connectivity index (χ4v) is 3.17. The van der Waals surface area contributed by atoms with Gasteiger partial charge in [-0.3, -0.25) is 19.6 Å². The number of hydrogen-bond acceptors (Lipinski definition) is 9. The molecule has 3 heterocycles. The first-order chi connectivity index (χ1) is 16.7. The molecule has 12 heteroatoms. The molecule has 0 unspecified atom stereocenters. The largest absolute Gasteiger partial charge is 0.347 e. The molecular weight excluding hydrogens is 436 g/mol. The first-order valence-corrected chi connectivity index (χ1v) is 10.1. The SMILES string of the molecule is O=C(Nc1cc(C(=O)NCc2ccc(-c3nn[nH]n3)cc2)ncn1)c1ccc2nccnc2c1. The monoisotopic (exact) mass is 452 g/mol. The highest BCUT2D eigenvalue weighted by molar-refractivity contribution is 6.05. The van der Waals surface area contributed by atoms with Crippen LogP contribution in [0.1, 0.15) is 26.4 Å². The molecule has 3 aromatic heterocycles. The van der Waals surface area contributed by atoms with E-state index in [1.54, 1.807) is 30.6 Å². The van der Waals surface area contributed by atoms with Gasteiger partial charge < -0.3 is 10.6 Å². The summed E-state index contributed by atoms with van der Waals surface area (Å²) >= 11 is 0. The van der Waals surface area contributed by atoms with E-state index >= 15 is 0 Å². The minimum atomic E-state index is -0.402. The maximum atomic E-state index is 12.6. The van der Waals surface area contributed by atoms with Crippen molar-refractivity contribution in [1.29, 1.82) is 0 Å². The Labute approximate surface area is 191 Å². The van der Waals surface area contributed by atoms with Gasteiger partial charge in [0.05, 0.1) is 11.0 Å². The number of hydrogen-bond donors (Lipinski definition) is 3. The lowest BCUT2D eigenvalue weighted by Gasteiger charge is -2.08. The van der Waals surface area contributed by atoms with Crippen LogP contribution in [0.25, 0.3) is 22.4 Å². The number of nitrogens with one attached hydrogen (secondary N) is 3. The number of H-pyrrole nitrogens is 1. The molecular formula is C22H16N10O2. The van der Waals surface area contributed by atoms with E-state index in [4.69, 9.17) is 0 Å². The second-order valence-electron chi connectivity index (χ2n) is 7.12. The van der Waals surface area contributed by atoms with Crippen molar-refractivity contribution in [2.75, 3.05) is 5.32 Å². The fraction of sp³-hybridized carbons (Fsp3) is 0.0455. The lowest BCUT2D eigenvalue weighted by atomic mass is 10.1. The third-order valence-corrected chi connectivity index (χ3v) is 4.88. The van der Waals surface area contributed by atoms with E-state index in [2.05, 4.69) is 51.2 Å². The Bertz CT molecular complexity index is 1470. The van der Waals surface area contributed by atoms with Gasteiger partial charge in [-0.05, 0) is 29.0 Å². The van der Waals surface area contributed by atoms with Crippen molar-refractivity contribution in [3.8, 4) is 11.4 Å². The number of fused-ring (bicyclic) bond motifs is 1. The Morgan fingerprint density at radius 1 is 0.853 bits per heavy atom. The van der Waals surface area contributed by atoms with E-state index < -0.39 is 5.91 Å². The topological polar surface area (TPSA) is 164 Å². The zero-order valence-corrected chi connectivity index (χ0v) is 17.5. The number of amides is 2. The van der Waals surface area contributed by atoms with Crippen molar-refractivity contribution >= 4 is 28.7 Å². The number of carbonyl (C=O) groups is 2. The molecule has 0 aliphatic heterocycles. The highest BCUT2D eigenvalue weighted by atomic mass is 16.2. The molecule has 2 amide bonds. The van der Waals surface area contributed by atoms with E-state index in [0.717, 1.165) is 11.1 Å². The molecule has 0 bridgehead atoms. The number of tetrazole rings is 1. The van der Waals surface area contributed by atoms with Crippen LogP contribution in [0.15, 0.2) is 67.3 Å². The Balaban J connectivity index is 1.22. The van der Waals surface area contributed by atoms with Crippen molar-refractivity contribution in [3.63, 3.8) is 0 Å². The van der Waals surface area contributed by atoms with Crippen LogP contribution < -0.4 is 10.6 Å². The van der Waals surface area contributed by atoms with Crippen LogP contribution in [0, 0.1) is 0 Å². The van der Waals surface area contributed by atoms with Gasteiger partial charge in [-0.1, -0.05) is 24.3 Å². The van der Waals surface area contributed by atoms with E-state index in [1.165, 1.54) is 12.4 Å². The standard InChI is InChI=1S/C22H16N10O2/c33-21(15-5-6-16-17(9-15)24-8-7-23-16)28-19-10-18(26-12-27-19)22(34)25-11-13-1-3-14(4-2-13)20-29-31-32-30-20/h1-10,12H,11H2,(H,25,34)(H,26,27,28,33)(H,29,30,31,32). The average Bonchev–Trinajstić information content (AvgIpc) is 3.42. The summed E-state index contributed by atoms with van der Waals surface area (Å²) in [6.07, 6.45) is 4.36. The Morgan fingerprint density at radius 2 is 1.68 bits per heavy atom. The molecule has 34 heavy (non-hydrogen) atoms. The Morgan fingerprint density at radius 3 is 2.47 bits per heavy atom. The summed E-state index contributed by atoms with van der Waals surface area (Å²) in [7, 11) is 0. The fourth-order valence-electron chi connectivity index (χ4n) is 3.17. The second-order valence-corrected chi connectivity index (χ2v) is 7.12. The molecule has 0 fully saturated rings. The van der Waals surface area contributed by atoms with Crippen molar-refractivity contribution in [3.05, 3.63) is 84.1 Å². The summed E-state index contributed by atoms with van der Waals surface area (Å²) in [5.74, 6) is -0.1000. The van der Waals surface area contributed by atoms with Crippen LogP contribution in [0.4, 0.5) is 5.82 Å². The number of nitrogens with zero attached hydrogens (tertiary/aromatic N) is 7. The Kier molecular flexibility index (Phi) is 5.59. The number of anilines is 1. The number of aromatic nitrogens is 8. The highest BCUT2D eigenvalue weighted by Crippen LogP contribution is 2.15. The molecule has 0 saturated heterocycles. The summed E-state index contributed by atoms with van der Waals surface area (Å²) in [6, 6.07) is 13.8. The van der Waals surface area contributed by atoms with Crippen LogP contribution in [-0.4, -0.2) is 52.4 Å². The van der Waals surface area contributed by atoms with Gasteiger partial charge in [0.25, 0.3) is 11.8 Å². The van der Waals surface area contributed by atoms with Crippen LogP contribution in [0.5, 0.6) is 0 Å². The van der Waals surface area contributed by atoms with Crippen molar-refractivity contribution in [2.24, 2.45) is 0 Å². The molecule has 3 N–H and O–H groups in total. The van der Waals surface area contributed by atoms with Gasteiger partial charge in [-0.25, -0.2) is 9.97 Å². The maximum Gasteiger partial charge on any atom is 0.270 e. The maximum absolute atomic E-state index is 12.6. The van der Waals surface area contributed by atoms with Gasteiger partial charge in [0.2, 0.25) is 5.82 Å². The van der Waals surface area contributed by atoms with Crippen LogP contribution in [0.3, 0.4) is 0 Å². The van der Waals surface area contributed by atoms with Gasteiger partial charge >= 0.3 is 0 Å². The molecule has 2 aromatic carbocycles. The summed E-state index contributed by atoms with van der Waals surface area (Å²) in [5, 5.41) is 19.3. The van der Waals surface area contributed by atoms with Crippen LogP contribution in [-0.2, 0) is 6.54 Å². The van der Waals surface area contributed by atoms with Gasteiger partial charge in [-0.15, -0.1) is 10.2 Å². The first-order valence-electron chi connectivity index (χ1n) is 10.1. The predicted molar refractivity (Wildman–Crippen MR) is 120 cm³/mol. The lowest BCUT2D eigenvalue weighted by molar-refractivity contribution is 0.0944. The zero-order chi connectivity index (χ0) is 23.3. The number of rotatable bonds is 6. The van der Waals surface area contributed by atoms with Gasteiger partial charge in [0.15, 0.2) is 0 Å². The number of benzene rings is 2. The highest BCUT2D eigenvalue weighted by Gasteiger charge is 2.12. The van der Waals surface area contributed by atoms with Crippen molar-refractivity contribution in [1.82, 2.24) is 45.9 Å². The number of aromatic amines is 1. The first kappa shape index (κ1) is 20.8. The minimum Gasteiger partial charge on any atom is -0.347 e. The summed E-state index contributed by atoms with van der Waals surface area (Å²) < 4.78 is 0. The van der Waals surface area contributed by atoms with Crippen LogP contribution >= 0.6 is 0 Å². The van der Waals surface area contributed by atoms with E-state index in [-0.39, 0.29) is 24.0 Å². The van der Waals surface area contributed by atoms with Gasteiger partial charge in [0.1, 0.15) is 17.8 Å². The smallest absolute Gasteiger partial charge is 0.270 e. The quantitative estimate of drug-likeness (QED) is 0.348. The molecule has 0 aliphatic carbocycles. The van der Waals surface area contributed by atoms with E-state index in [9.17, 15) is 9.59 Å². The molecule has 0 atom stereocenters. The predicted octanol–water partition coefficient (Wildman–Crippen LogP) is 1.78. The third-order valence-electron chi connectivity index (χ3n) is 4.88. The van der Waals surface area contributed by atoms with Crippen LogP contribution in [0.2, 0.25) is 0 Å². The molecule has 166 valence electrons. The average molecular weight is 452 g/mol. The third kappa shape index (κ3) is 4.55. The lowest BCUT2D eigenvalue weighted by Crippen LogP contribution is -2.24. The Hall–Kier alpha value is -5.13. The van der Waals surface area contributed by atoms with Crippen molar-refractivity contribution in [2.45, 2.75) is 6.54 Å². The second kappa shape index (κ2) is 9.16. The van der Waals surface area contributed by atoms with Gasteiger partial charge in [-0.2, -0.15) is 5.21 Å². The van der Waals surface area contributed by atoms with Gasteiger partial charge in [0, 0.05) is 36.1 Å². The minimum absolute atomic E-state index is 0.123. The van der Waals surface area contributed by atoms with E-state index in [0.29, 0.717) is 22.4 Å². The van der Waals surface area contributed by atoms with Crippen molar-refractivity contribution < 1.29 is 9.59 Å². The zero-order valence-electron chi connectivity index (χ0n) is 17.5. The molecule has 0 radical (unpaired) electrons. The summed E-state index contributed by atoms with van der Waals surface area (Å²) in [4.78, 5) is 41.6. The molecule has 5 aromatic rings. The van der Waals surface area contributed by atoms with E-state index in [1.807, 2.05) is 24.3 Å². The number of carbonyl (C=O) groups excluding carboxylic acids is 2. The summed E-state index contributed by atoms with van der Waals surface area (Å²) in [6.45, 7) is 0.287.